The molecule has 1 rings (SSSR count). The highest BCUT2D eigenvalue weighted by atomic mass is 15.0. The van der Waals surface area contributed by atoms with Crippen molar-refractivity contribution in [2.45, 2.75) is 13.8 Å². The second-order valence-electron chi connectivity index (χ2n) is 2.33. The Morgan fingerprint density at radius 1 is 1.70 bits per heavy atom. The molecule has 10 heavy (non-hydrogen) atoms. The van der Waals surface area contributed by atoms with E-state index in [1.807, 2.05) is 30.9 Å². The molecule has 0 saturated carbocycles. The van der Waals surface area contributed by atoms with Crippen LogP contribution in [0.5, 0.6) is 0 Å². The molecule has 0 atom stereocenters. The molecule has 0 aliphatic rings. The van der Waals surface area contributed by atoms with Crippen LogP contribution in [-0.2, 0) is 7.05 Å². The predicted molar refractivity (Wildman–Crippen MR) is 42.5 cm³/mol. The topological polar surface area (TPSA) is 17.8 Å². The fraction of sp³-hybridized carbons (Fsp3) is 0.375. The Bertz CT molecular complexity index is 246. The van der Waals surface area contributed by atoms with E-state index in [0.29, 0.717) is 0 Å². The molecule has 0 N–H and O–H groups in total. The minimum atomic E-state index is 1.04. The first-order valence-electron chi connectivity index (χ1n) is 3.36. The quantitative estimate of drug-likeness (QED) is 0.576. The van der Waals surface area contributed by atoms with Crippen LogP contribution in [0.2, 0.25) is 0 Å². The number of imidazole rings is 1. The van der Waals surface area contributed by atoms with Gasteiger partial charge < -0.3 is 4.57 Å². The second kappa shape index (κ2) is 2.69. The second-order valence-corrected chi connectivity index (χ2v) is 2.33. The van der Waals surface area contributed by atoms with Gasteiger partial charge in [0.1, 0.15) is 5.82 Å². The third kappa shape index (κ3) is 1.10. The summed E-state index contributed by atoms with van der Waals surface area (Å²) in [6.45, 7) is 4.08. The van der Waals surface area contributed by atoms with Gasteiger partial charge in [-0.2, -0.15) is 0 Å². The summed E-state index contributed by atoms with van der Waals surface area (Å²) in [5, 5.41) is 0. The maximum Gasteiger partial charge on any atom is 0.134 e. The maximum atomic E-state index is 4.18. The smallest absolute Gasteiger partial charge is 0.134 e. The average molecular weight is 136 g/mol. The highest BCUT2D eigenvalue weighted by molar-refractivity contribution is 5.56. The van der Waals surface area contributed by atoms with E-state index in [0.717, 1.165) is 5.82 Å². The van der Waals surface area contributed by atoms with Crippen LogP contribution in [0.1, 0.15) is 19.7 Å². The van der Waals surface area contributed by atoms with E-state index in [1.165, 1.54) is 5.57 Å². The van der Waals surface area contributed by atoms with Crippen molar-refractivity contribution in [1.29, 1.82) is 0 Å². The van der Waals surface area contributed by atoms with Crippen LogP contribution in [0, 0.1) is 0 Å². The van der Waals surface area contributed by atoms with Gasteiger partial charge >= 0.3 is 0 Å². The minimum absolute atomic E-state index is 1.04. The van der Waals surface area contributed by atoms with Crippen LogP contribution in [0.25, 0.3) is 5.57 Å². The molecule has 0 aromatic carbocycles. The van der Waals surface area contributed by atoms with Gasteiger partial charge in [0.15, 0.2) is 0 Å². The molecule has 0 spiro atoms. The molecule has 1 aromatic heterocycles. The number of hydrogen-bond acceptors (Lipinski definition) is 1. The van der Waals surface area contributed by atoms with Gasteiger partial charge in [0, 0.05) is 19.4 Å². The molecule has 2 nitrogen and oxygen atoms in total. The molecule has 0 fully saturated rings. The zero-order chi connectivity index (χ0) is 7.56. The van der Waals surface area contributed by atoms with Gasteiger partial charge in [-0.1, -0.05) is 6.08 Å². The van der Waals surface area contributed by atoms with E-state index in [1.54, 1.807) is 0 Å². The van der Waals surface area contributed by atoms with Crippen molar-refractivity contribution in [2.24, 2.45) is 7.05 Å². The molecule has 0 aliphatic heterocycles. The first-order chi connectivity index (χ1) is 4.75. The Balaban J connectivity index is 3.05. The SMILES string of the molecule is CC=C(C)c1nccn1C. The van der Waals surface area contributed by atoms with Gasteiger partial charge in [-0.15, -0.1) is 0 Å². The summed E-state index contributed by atoms with van der Waals surface area (Å²) >= 11 is 0. The van der Waals surface area contributed by atoms with Gasteiger partial charge in [-0.05, 0) is 19.4 Å². The van der Waals surface area contributed by atoms with Gasteiger partial charge in [-0.25, -0.2) is 4.98 Å². The average Bonchev–Trinajstić information content (AvgIpc) is 2.34. The van der Waals surface area contributed by atoms with Crippen molar-refractivity contribution in [2.75, 3.05) is 0 Å². The molecule has 1 aromatic rings. The predicted octanol–water partition coefficient (Wildman–Crippen LogP) is 1.84. The number of hydrogen-bond donors (Lipinski definition) is 0. The zero-order valence-corrected chi connectivity index (χ0v) is 6.63. The molecular formula is C8H12N2. The third-order valence-corrected chi connectivity index (χ3v) is 1.61. The monoisotopic (exact) mass is 136 g/mol. The molecule has 0 amide bonds. The first-order valence-corrected chi connectivity index (χ1v) is 3.36. The zero-order valence-electron chi connectivity index (χ0n) is 6.63. The van der Waals surface area contributed by atoms with E-state index >= 15 is 0 Å². The number of allylic oxidation sites excluding steroid dienone is 2. The molecule has 54 valence electrons. The summed E-state index contributed by atoms with van der Waals surface area (Å²) in [7, 11) is 2.00. The number of nitrogens with zero attached hydrogens (tertiary/aromatic N) is 2. The summed E-state index contributed by atoms with van der Waals surface area (Å²) in [4.78, 5) is 4.18. The van der Waals surface area contributed by atoms with Crippen LogP contribution in [-0.4, -0.2) is 9.55 Å². The van der Waals surface area contributed by atoms with Gasteiger partial charge in [0.25, 0.3) is 0 Å². The minimum Gasteiger partial charge on any atom is -0.334 e. The van der Waals surface area contributed by atoms with Crippen LogP contribution in [0.3, 0.4) is 0 Å². The summed E-state index contributed by atoms with van der Waals surface area (Å²) < 4.78 is 2.01. The summed E-state index contributed by atoms with van der Waals surface area (Å²) in [5.41, 5.74) is 1.22. The van der Waals surface area contributed by atoms with Crippen LogP contribution >= 0.6 is 0 Å². The molecule has 0 saturated heterocycles. The van der Waals surface area contributed by atoms with Crippen molar-refractivity contribution < 1.29 is 0 Å². The van der Waals surface area contributed by atoms with Crippen molar-refractivity contribution in [3.63, 3.8) is 0 Å². The Morgan fingerprint density at radius 3 is 2.80 bits per heavy atom. The van der Waals surface area contributed by atoms with Gasteiger partial charge in [0.05, 0.1) is 0 Å². The van der Waals surface area contributed by atoms with E-state index in [2.05, 4.69) is 18.0 Å². The molecule has 0 aliphatic carbocycles. The van der Waals surface area contributed by atoms with Crippen molar-refractivity contribution in [3.8, 4) is 0 Å². The highest BCUT2D eigenvalue weighted by Gasteiger charge is 1.97. The van der Waals surface area contributed by atoms with Crippen molar-refractivity contribution >= 4 is 5.57 Å². The molecule has 0 unspecified atom stereocenters. The van der Waals surface area contributed by atoms with E-state index < -0.39 is 0 Å². The maximum absolute atomic E-state index is 4.18. The first kappa shape index (κ1) is 7.06. The Hall–Kier alpha value is -1.05. The molecule has 0 bridgehead atoms. The summed E-state index contributed by atoms with van der Waals surface area (Å²) in [6, 6.07) is 0. The lowest BCUT2D eigenvalue weighted by Crippen LogP contribution is -1.92. The lowest BCUT2D eigenvalue weighted by Gasteiger charge is -1.98. The van der Waals surface area contributed by atoms with Gasteiger partial charge in [0.2, 0.25) is 0 Å². The summed E-state index contributed by atoms with van der Waals surface area (Å²) in [5.74, 6) is 1.04. The molecule has 2 heteroatoms. The Kier molecular flexibility index (Phi) is 1.90. The third-order valence-electron chi connectivity index (χ3n) is 1.61. The van der Waals surface area contributed by atoms with Crippen molar-refractivity contribution in [3.05, 3.63) is 24.3 Å². The van der Waals surface area contributed by atoms with Crippen LogP contribution in [0.4, 0.5) is 0 Å². The largest absolute Gasteiger partial charge is 0.334 e. The number of aromatic nitrogens is 2. The lowest BCUT2D eigenvalue weighted by atomic mass is 10.3. The normalized spacial score (nSPS) is 12.1. The molecule has 0 radical (unpaired) electrons. The van der Waals surface area contributed by atoms with Crippen LogP contribution in [0.15, 0.2) is 18.5 Å². The van der Waals surface area contributed by atoms with Crippen LogP contribution < -0.4 is 0 Å². The van der Waals surface area contributed by atoms with E-state index in [9.17, 15) is 0 Å². The number of rotatable bonds is 1. The van der Waals surface area contributed by atoms with Crippen molar-refractivity contribution in [1.82, 2.24) is 9.55 Å². The highest BCUT2D eigenvalue weighted by Crippen LogP contribution is 2.08. The standard InChI is InChI=1S/C8H12N2/c1-4-7(2)8-9-5-6-10(8)3/h4-6H,1-3H3. The lowest BCUT2D eigenvalue weighted by molar-refractivity contribution is 0.888. The van der Waals surface area contributed by atoms with E-state index in [4.69, 9.17) is 0 Å². The fourth-order valence-electron chi connectivity index (χ4n) is 0.875. The van der Waals surface area contributed by atoms with Gasteiger partial charge in [-0.3, -0.25) is 0 Å². The Morgan fingerprint density at radius 2 is 2.40 bits per heavy atom. The van der Waals surface area contributed by atoms with E-state index in [-0.39, 0.29) is 0 Å². The molecule has 1 heterocycles. The fourth-order valence-corrected chi connectivity index (χ4v) is 0.875. The Labute approximate surface area is 61.2 Å². The summed E-state index contributed by atoms with van der Waals surface area (Å²) in [6.07, 6.45) is 5.81. The molecular weight excluding hydrogens is 124 g/mol. The number of aryl methyl sites for hydroxylation is 1.